The number of amides is 1. The quantitative estimate of drug-likeness (QED) is 0.793. The Morgan fingerprint density at radius 1 is 1.11 bits per heavy atom. The van der Waals surface area contributed by atoms with Gasteiger partial charge in [-0.3, -0.25) is 4.79 Å². The van der Waals surface area contributed by atoms with E-state index in [0.717, 1.165) is 19.0 Å². The van der Waals surface area contributed by atoms with Crippen molar-refractivity contribution in [2.45, 2.75) is 65.8 Å². The summed E-state index contributed by atoms with van der Waals surface area (Å²) in [6, 6.07) is 0. The van der Waals surface area contributed by atoms with E-state index in [2.05, 4.69) is 20.8 Å². The van der Waals surface area contributed by atoms with Crippen LogP contribution in [0.3, 0.4) is 0 Å². The summed E-state index contributed by atoms with van der Waals surface area (Å²) in [6.45, 7) is 12.4. The molecule has 0 aromatic heterocycles. The van der Waals surface area contributed by atoms with Gasteiger partial charge >= 0.3 is 0 Å². The van der Waals surface area contributed by atoms with E-state index in [1.54, 1.807) is 13.8 Å². The van der Waals surface area contributed by atoms with Crippen LogP contribution in [-0.2, 0) is 4.79 Å². The van der Waals surface area contributed by atoms with Crippen molar-refractivity contribution in [3.05, 3.63) is 0 Å². The van der Waals surface area contributed by atoms with E-state index in [-0.39, 0.29) is 5.91 Å². The topological polar surface area (TPSA) is 46.3 Å². The van der Waals surface area contributed by atoms with Gasteiger partial charge in [-0.15, -0.1) is 0 Å². The number of nitrogens with zero attached hydrogens (tertiary/aromatic N) is 1. The van der Waals surface area contributed by atoms with Gasteiger partial charge in [-0.1, -0.05) is 20.8 Å². The van der Waals surface area contributed by atoms with Crippen LogP contribution in [0.4, 0.5) is 0 Å². The summed E-state index contributed by atoms with van der Waals surface area (Å²) < 4.78 is 0. The van der Waals surface area contributed by atoms with Crippen LogP contribution in [0.25, 0.3) is 0 Å². The van der Waals surface area contributed by atoms with Gasteiger partial charge in [0.25, 0.3) is 0 Å². The summed E-state index contributed by atoms with van der Waals surface area (Å²) in [7, 11) is 0. The highest BCUT2D eigenvalue weighted by molar-refractivity contribution is 5.85. The molecular weight excluding hydrogens is 236 g/mol. The lowest BCUT2D eigenvalue weighted by molar-refractivity contribution is -0.141. The van der Waals surface area contributed by atoms with E-state index in [1.807, 2.05) is 4.90 Å². The molecule has 1 saturated heterocycles. The molecule has 2 fully saturated rings. The summed E-state index contributed by atoms with van der Waals surface area (Å²) in [5.74, 6) is 0.967. The largest absolute Gasteiger partial charge is 0.341 e. The van der Waals surface area contributed by atoms with Crippen molar-refractivity contribution < 1.29 is 4.79 Å². The first-order chi connectivity index (χ1) is 8.54. The van der Waals surface area contributed by atoms with Crippen molar-refractivity contribution >= 4 is 5.91 Å². The van der Waals surface area contributed by atoms with Gasteiger partial charge in [-0.05, 0) is 56.3 Å². The lowest BCUT2D eigenvalue weighted by atomic mass is 9.52. The van der Waals surface area contributed by atoms with E-state index in [1.165, 1.54) is 25.7 Å². The van der Waals surface area contributed by atoms with Crippen molar-refractivity contribution in [3.63, 3.8) is 0 Å². The molecule has 2 aliphatic rings. The van der Waals surface area contributed by atoms with E-state index in [0.29, 0.717) is 10.8 Å². The zero-order valence-electron chi connectivity index (χ0n) is 13.3. The van der Waals surface area contributed by atoms with Crippen molar-refractivity contribution in [1.29, 1.82) is 0 Å². The number of hydrogen-bond donors (Lipinski definition) is 1. The Kier molecular flexibility index (Phi) is 3.49. The molecule has 2 rings (SSSR count). The molecule has 0 aromatic rings. The van der Waals surface area contributed by atoms with Crippen molar-refractivity contribution in [2.24, 2.45) is 22.5 Å². The molecule has 3 nitrogen and oxygen atoms in total. The van der Waals surface area contributed by atoms with Crippen molar-refractivity contribution in [1.82, 2.24) is 4.90 Å². The monoisotopic (exact) mass is 266 g/mol. The lowest BCUT2D eigenvalue weighted by Gasteiger charge is -2.56. The van der Waals surface area contributed by atoms with Crippen LogP contribution >= 0.6 is 0 Å². The van der Waals surface area contributed by atoms with Crippen molar-refractivity contribution in [2.75, 3.05) is 13.1 Å². The van der Waals surface area contributed by atoms with Crippen molar-refractivity contribution in [3.8, 4) is 0 Å². The standard InChI is InChI=1S/C16H30N2O/c1-14(2,3)12-10-16(11-12)6-8-18(9-7-16)13(19)15(4,5)17/h12H,6-11,17H2,1-5H3. The molecule has 1 amide bonds. The maximum absolute atomic E-state index is 12.2. The molecule has 1 saturated carbocycles. The van der Waals surface area contributed by atoms with E-state index >= 15 is 0 Å². The highest BCUT2D eigenvalue weighted by atomic mass is 16.2. The maximum atomic E-state index is 12.2. The van der Waals surface area contributed by atoms with Crippen LogP contribution in [-0.4, -0.2) is 29.4 Å². The second kappa shape index (κ2) is 4.47. The summed E-state index contributed by atoms with van der Waals surface area (Å²) >= 11 is 0. The number of nitrogens with two attached hydrogens (primary N) is 1. The number of carbonyl (C=O) groups excluding carboxylic acids is 1. The maximum Gasteiger partial charge on any atom is 0.242 e. The first-order valence-electron chi connectivity index (χ1n) is 7.62. The Morgan fingerprint density at radius 2 is 1.58 bits per heavy atom. The third-order valence-corrected chi connectivity index (χ3v) is 5.25. The second-order valence-electron chi connectivity index (χ2n) is 8.49. The van der Waals surface area contributed by atoms with Gasteiger partial charge in [-0.2, -0.15) is 0 Å². The molecule has 0 radical (unpaired) electrons. The molecule has 3 heteroatoms. The first-order valence-corrected chi connectivity index (χ1v) is 7.62. The Labute approximate surface area is 117 Å². The first kappa shape index (κ1) is 14.8. The van der Waals surface area contributed by atoms with Gasteiger partial charge in [0.1, 0.15) is 0 Å². The molecule has 110 valence electrons. The Balaban J connectivity index is 1.87. The van der Waals surface area contributed by atoms with Crippen LogP contribution in [0.5, 0.6) is 0 Å². The Morgan fingerprint density at radius 3 is 1.95 bits per heavy atom. The minimum absolute atomic E-state index is 0.106. The summed E-state index contributed by atoms with van der Waals surface area (Å²) in [4.78, 5) is 14.1. The number of hydrogen-bond acceptors (Lipinski definition) is 2. The predicted molar refractivity (Wildman–Crippen MR) is 78.7 cm³/mol. The number of rotatable bonds is 1. The van der Waals surface area contributed by atoms with Gasteiger partial charge in [0.2, 0.25) is 5.91 Å². The molecule has 0 atom stereocenters. The molecule has 1 spiro atoms. The van der Waals surface area contributed by atoms with Gasteiger partial charge in [0.15, 0.2) is 0 Å². The molecule has 1 heterocycles. The van der Waals surface area contributed by atoms with E-state index in [4.69, 9.17) is 5.73 Å². The zero-order chi connectivity index (χ0) is 14.5. The van der Waals surface area contributed by atoms with Crippen LogP contribution in [0.15, 0.2) is 0 Å². The fourth-order valence-corrected chi connectivity index (χ4v) is 3.60. The SMILES string of the molecule is CC(C)(N)C(=O)N1CCC2(CC1)CC(C(C)(C)C)C2. The van der Waals surface area contributed by atoms with Gasteiger partial charge < -0.3 is 10.6 Å². The fraction of sp³-hybridized carbons (Fsp3) is 0.938. The van der Waals surface area contributed by atoms with Crippen LogP contribution in [0.1, 0.15) is 60.3 Å². The highest BCUT2D eigenvalue weighted by Gasteiger charge is 2.50. The Bertz CT molecular complexity index is 346. The highest BCUT2D eigenvalue weighted by Crippen LogP contribution is 2.57. The smallest absolute Gasteiger partial charge is 0.242 e. The van der Waals surface area contributed by atoms with Crippen LogP contribution < -0.4 is 5.73 Å². The van der Waals surface area contributed by atoms with E-state index < -0.39 is 5.54 Å². The second-order valence-corrected chi connectivity index (χ2v) is 8.49. The molecule has 1 aliphatic heterocycles. The molecule has 1 aliphatic carbocycles. The minimum Gasteiger partial charge on any atom is -0.341 e. The van der Waals surface area contributed by atoms with E-state index in [9.17, 15) is 4.79 Å². The molecule has 0 unspecified atom stereocenters. The van der Waals surface area contributed by atoms with Crippen LogP contribution in [0, 0.1) is 16.7 Å². The third-order valence-electron chi connectivity index (χ3n) is 5.25. The minimum atomic E-state index is -0.724. The molecule has 0 bridgehead atoms. The van der Waals surface area contributed by atoms with Gasteiger partial charge in [-0.25, -0.2) is 0 Å². The number of piperidine rings is 1. The van der Waals surface area contributed by atoms with Gasteiger partial charge in [0, 0.05) is 13.1 Å². The molecule has 19 heavy (non-hydrogen) atoms. The number of likely N-dealkylation sites (tertiary alicyclic amines) is 1. The molecular formula is C16H30N2O. The Hall–Kier alpha value is -0.570. The summed E-state index contributed by atoms with van der Waals surface area (Å²) in [5, 5.41) is 0. The molecule has 2 N–H and O–H groups in total. The third kappa shape index (κ3) is 2.96. The van der Waals surface area contributed by atoms with Gasteiger partial charge in [0.05, 0.1) is 5.54 Å². The summed E-state index contributed by atoms with van der Waals surface area (Å²) in [5.41, 5.74) is 6.16. The number of carbonyl (C=O) groups is 1. The zero-order valence-corrected chi connectivity index (χ0v) is 13.3. The predicted octanol–water partition coefficient (Wildman–Crippen LogP) is 2.79. The average Bonchev–Trinajstić information content (AvgIpc) is 2.22. The summed E-state index contributed by atoms with van der Waals surface area (Å²) in [6.07, 6.45) is 5.04. The van der Waals surface area contributed by atoms with Crippen LogP contribution in [0.2, 0.25) is 0 Å². The average molecular weight is 266 g/mol. The normalized spacial score (nSPS) is 24.4. The lowest BCUT2D eigenvalue weighted by Crippen LogP contribution is -2.56. The molecule has 0 aromatic carbocycles. The fourth-order valence-electron chi connectivity index (χ4n) is 3.60.